The number of rotatable bonds is 1. The van der Waals surface area contributed by atoms with Crippen LogP contribution in [0.5, 0.6) is 0 Å². The Bertz CT molecular complexity index is 298. The van der Waals surface area contributed by atoms with Crippen LogP contribution in [0.1, 0.15) is 19.3 Å². The van der Waals surface area contributed by atoms with Crippen LogP contribution < -0.4 is 0 Å². The topological polar surface area (TPSA) is 37.4 Å². The summed E-state index contributed by atoms with van der Waals surface area (Å²) in [5.41, 5.74) is 1.16. The second kappa shape index (κ2) is 4.26. The molecule has 4 heteroatoms. The number of allylic oxidation sites excluding steroid dienone is 2. The van der Waals surface area contributed by atoms with E-state index in [4.69, 9.17) is 0 Å². The minimum Gasteiger partial charge on any atom is -0.374 e. The van der Waals surface area contributed by atoms with Crippen LogP contribution >= 0.6 is 0 Å². The van der Waals surface area contributed by atoms with Crippen LogP contribution in [0.15, 0.2) is 11.8 Å². The number of carbonyl (C=O) groups is 1. The first-order valence-corrected chi connectivity index (χ1v) is 6.58. The Morgan fingerprint density at radius 3 is 2.79 bits per heavy atom. The first-order chi connectivity index (χ1) is 6.75. The molecule has 0 spiro atoms. The molecule has 14 heavy (non-hydrogen) atoms. The molecule has 1 heterocycles. The summed E-state index contributed by atoms with van der Waals surface area (Å²) in [5, 5.41) is 0. The normalized spacial score (nSPS) is 28.9. The maximum atomic E-state index is 11.3. The molecule has 0 saturated carbocycles. The molecule has 1 unspecified atom stereocenters. The van der Waals surface area contributed by atoms with E-state index in [0.29, 0.717) is 6.42 Å². The second-order valence-corrected chi connectivity index (χ2v) is 5.49. The zero-order valence-electron chi connectivity index (χ0n) is 8.20. The summed E-state index contributed by atoms with van der Waals surface area (Å²) in [5.74, 6) is 1.81. The van der Waals surface area contributed by atoms with Crippen molar-refractivity contribution in [2.75, 3.05) is 24.6 Å². The van der Waals surface area contributed by atoms with Gasteiger partial charge in [0, 0.05) is 53.6 Å². The summed E-state index contributed by atoms with van der Waals surface area (Å²) in [7, 11) is -0.641. The van der Waals surface area contributed by atoms with Gasteiger partial charge in [-0.3, -0.25) is 9.00 Å². The van der Waals surface area contributed by atoms with E-state index in [1.54, 1.807) is 6.08 Å². The van der Waals surface area contributed by atoms with Gasteiger partial charge >= 0.3 is 0 Å². The SMILES string of the molecule is O=C1C=C(N2CCCS(=O)CC2)CC1. The van der Waals surface area contributed by atoms with Crippen molar-refractivity contribution in [2.24, 2.45) is 0 Å². The van der Waals surface area contributed by atoms with Crippen LogP contribution in [-0.4, -0.2) is 39.5 Å². The highest BCUT2D eigenvalue weighted by molar-refractivity contribution is 7.85. The van der Waals surface area contributed by atoms with Crippen molar-refractivity contribution < 1.29 is 9.00 Å². The molecule has 2 aliphatic rings. The minimum absolute atomic E-state index is 0.241. The van der Waals surface area contributed by atoms with Gasteiger partial charge in [0.15, 0.2) is 5.78 Å². The second-order valence-electron chi connectivity index (χ2n) is 3.79. The predicted molar refractivity (Wildman–Crippen MR) is 56.4 cm³/mol. The molecule has 0 aromatic rings. The lowest BCUT2D eigenvalue weighted by molar-refractivity contribution is -0.114. The van der Waals surface area contributed by atoms with Gasteiger partial charge in [0.25, 0.3) is 0 Å². The van der Waals surface area contributed by atoms with E-state index in [0.717, 1.165) is 43.1 Å². The van der Waals surface area contributed by atoms with Gasteiger partial charge in [0.2, 0.25) is 0 Å². The zero-order valence-corrected chi connectivity index (χ0v) is 9.02. The fourth-order valence-corrected chi connectivity index (χ4v) is 3.04. The molecule has 0 aromatic carbocycles. The molecule has 78 valence electrons. The smallest absolute Gasteiger partial charge is 0.157 e. The Labute approximate surface area is 86.6 Å². The highest BCUT2D eigenvalue weighted by atomic mass is 32.2. The highest BCUT2D eigenvalue weighted by Crippen LogP contribution is 2.20. The van der Waals surface area contributed by atoms with Crippen LogP contribution in [0.25, 0.3) is 0 Å². The standard InChI is InChI=1S/C10H15NO2S/c12-10-3-2-9(8-10)11-4-1-6-14(13)7-5-11/h8H,1-7H2. The van der Waals surface area contributed by atoms with E-state index in [-0.39, 0.29) is 5.78 Å². The van der Waals surface area contributed by atoms with E-state index >= 15 is 0 Å². The number of hydrogen-bond donors (Lipinski definition) is 0. The van der Waals surface area contributed by atoms with Crippen molar-refractivity contribution in [3.63, 3.8) is 0 Å². The predicted octanol–water partition coefficient (Wildman–Crippen LogP) is 0.688. The molecule has 1 aliphatic heterocycles. The lowest BCUT2D eigenvalue weighted by Gasteiger charge is -2.22. The van der Waals surface area contributed by atoms with E-state index in [2.05, 4.69) is 4.90 Å². The Morgan fingerprint density at radius 2 is 2.07 bits per heavy atom. The van der Waals surface area contributed by atoms with Crippen LogP contribution in [-0.2, 0) is 15.6 Å². The molecule has 1 aliphatic carbocycles. The molecule has 3 nitrogen and oxygen atoms in total. The number of carbonyl (C=O) groups excluding carboxylic acids is 1. The lowest BCUT2D eigenvalue weighted by atomic mass is 10.3. The largest absolute Gasteiger partial charge is 0.374 e. The van der Waals surface area contributed by atoms with Gasteiger partial charge in [0.1, 0.15) is 0 Å². The molecular formula is C10H15NO2S. The van der Waals surface area contributed by atoms with E-state index in [1.807, 2.05) is 0 Å². The summed E-state index contributed by atoms with van der Waals surface area (Å²) in [4.78, 5) is 13.3. The van der Waals surface area contributed by atoms with Crippen LogP contribution in [0.3, 0.4) is 0 Å². The zero-order chi connectivity index (χ0) is 9.97. The molecule has 0 aromatic heterocycles. The van der Waals surface area contributed by atoms with Crippen LogP contribution in [0.2, 0.25) is 0 Å². The number of hydrogen-bond acceptors (Lipinski definition) is 3. The third-order valence-electron chi connectivity index (χ3n) is 2.75. The van der Waals surface area contributed by atoms with Crippen molar-refractivity contribution in [2.45, 2.75) is 19.3 Å². The Hall–Kier alpha value is -0.640. The van der Waals surface area contributed by atoms with Gasteiger partial charge in [0.05, 0.1) is 0 Å². The Balaban J connectivity index is 2.00. The van der Waals surface area contributed by atoms with Crippen molar-refractivity contribution >= 4 is 16.6 Å². The molecule has 2 rings (SSSR count). The minimum atomic E-state index is -0.641. The summed E-state index contributed by atoms with van der Waals surface area (Å²) in [6, 6.07) is 0. The lowest BCUT2D eigenvalue weighted by Crippen LogP contribution is -2.25. The van der Waals surface area contributed by atoms with E-state index in [9.17, 15) is 9.00 Å². The average Bonchev–Trinajstić information content (AvgIpc) is 2.46. The maximum absolute atomic E-state index is 11.3. The summed E-state index contributed by atoms with van der Waals surface area (Å²) in [6.07, 6.45) is 4.28. The Morgan fingerprint density at radius 1 is 1.21 bits per heavy atom. The summed E-state index contributed by atoms with van der Waals surface area (Å²) in [6.45, 7) is 1.82. The highest BCUT2D eigenvalue weighted by Gasteiger charge is 2.20. The molecule has 0 N–H and O–H groups in total. The van der Waals surface area contributed by atoms with Gasteiger partial charge < -0.3 is 4.90 Å². The third-order valence-corrected chi connectivity index (χ3v) is 4.13. The average molecular weight is 213 g/mol. The molecule has 0 bridgehead atoms. The molecular weight excluding hydrogens is 198 g/mol. The first-order valence-electron chi connectivity index (χ1n) is 5.09. The summed E-state index contributed by atoms with van der Waals surface area (Å²) < 4.78 is 11.3. The van der Waals surface area contributed by atoms with Gasteiger partial charge in [-0.25, -0.2) is 0 Å². The fraction of sp³-hybridized carbons (Fsp3) is 0.700. The van der Waals surface area contributed by atoms with Crippen molar-refractivity contribution in [3.05, 3.63) is 11.8 Å². The van der Waals surface area contributed by atoms with Crippen LogP contribution in [0.4, 0.5) is 0 Å². The first kappa shape index (κ1) is 9.90. The maximum Gasteiger partial charge on any atom is 0.157 e. The van der Waals surface area contributed by atoms with Gasteiger partial charge in [-0.15, -0.1) is 0 Å². The quantitative estimate of drug-likeness (QED) is 0.643. The third kappa shape index (κ3) is 2.23. The van der Waals surface area contributed by atoms with Crippen LogP contribution in [0, 0.1) is 0 Å². The number of nitrogens with zero attached hydrogens (tertiary/aromatic N) is 1. The molecule has 0 amide bonds. The monoisotopic (exact) mass is 213 g/mol. The van der Waals surface area contributed by atoms with Gasteiger partial charge in [-0.05, 0) is 12.8 Å². The van der Waals surface area contributed by atoms with E-state index in [1.165, 1.54) is 0 Å². The summed E-state index contributed by atoms with van der Waals surface area (Å²) >= 11 is 0. The molecule has 1 fully saturated rings. The van der Waals surface area contributed by atoms with Crippen molar-refractivity contribution in [1.29, 1.82) is 0 Å². The van der Waals surface area contributed by atoms with E-state index < -0.39 is 10.8 Å². The van der Waals surface area contributed by atoms with Gasteiger partial charge in [-0.1, -0.05) is 0 Å². The molecule has 1 saturated heterocycles. The molecule has 0 radical (unpaired) electrons. The van der Waals surface area contributed by atoms with Gasteiger partial charge in [-0.2, -0.15) is 0 Å². The van der Waals surface area contributed by atoms with Crippen molar-refractivity contribution in [1.82, 2.24) is 4.90 Å². The fourth-order valence-electron chi connectivity index (χ4n) is 1.96. The number of ketones is 1. The molecule has 1 atom stereocenters. The Kier molecular flexibility index (Phi) is 3.01. The van der Waals surface area contributed by atoms with Crippen molar-refractivity contribution in [3.8, 4) is 0 Å².